The Bertz CT molecular complexity index is 141. The number of rotatable bonds is 5. The van der Waals surface area contributed by atoms with Crippen LogP contribution in [0.25, 0.3) is 0 Å². The molecule has 0 radical (unpaired) electrons. The van der Waals surface area contributed by atoms with Gasteiger partial charge in [0.05, 0.1) is 5.41 Å². The molecule has 0 heterocycles. The lowest BCUT2D eigenvalue weighted by Gasteiger charge is -2.19. The molecule has 0 atom stereocenters. The van der Waals surface area contributed by atoms with Crippen LogP contribution in [0.3, 0.4) is 0 Å². The van der Waals surface area contributed by atoms with Crippen LogP contribution in [0.5, 0.6) is 0 Å². The van der Waals surface area contributed by atoms with Crippen LogP contribution >= 0.6 is 0 Å². The van der Waals surface area contributed by atoms with Gasteiger partial charge in [-0.05, 0) is 20.3 Å². The smallest absolute Gasteiger partial charge is 0.300 e. The molecule has 0 aromatic rings. The number of hydrogen-bond acceptors (Lipinski definition) is 3. The van der Waals surface area contributed by atoms with Gasteiger partial charge in [0.15, 0.2) is 0 Å². The fourth-order valence-corrected chi connectivity index (χ4v) is 1.04. The summed E-state index contributed by atoms with van der Waals surface area (Å²) in [4.78, 5) is 14.7. The fourth-order valence-electron chi connectivity index (χ4n) is 1.04. The van der Waals surface area contributed by atoms with Crippen molar-refractivity contribution in [3.05, 3.63) is 0 Å². The zero-order valence-corrected chi connectivity index (χ0v) is 8.09. The van der Waals surface area contributed by atoms with E-state index in [1.165, 1.54) is 0 Å². The van der Waals surface area contributed by atoms with Crippen molar-refractivity contribution in [1.29, 1.82) is 0 Å². The molecule has 0 bridgehead atoms. The van der Waals surface area contributed by atoms with Gasteiger partial charge in [-0.15, -0.1) is 0 Å². The average Bonchev–Trinajstić information content (AvgIpc) is 2.03. The van der Waals surface area contributed by atoms with Crippen LogP contribution in [0.2, 0.25) is 0 Å². The van der Waals surface area contributed by atoms with E-state index in [-0.39, 0.29) is 0 Å². The van der Waals surface area contributed by atoms with Crippen LogP contribution in [0, 0.1) is 5.41 Å². The van der Waals surface area contributed by atoms with Gasteiger partial charge in [0.1, 0.15) is 0 Å². The van der Waals surface area contributed by atoms with E-state index in [0.717, 1.165) is 25.7 Å². The third-order valence-corrected chi connectivity index (χ3v) is 2.04. The van der Waals surface area contributed by atoms with Gasteiger partial charge < -0.3 is 4.89 Å². The maximum absolute atomic E-state index is 11.0. The second kappa shape index (κ2) is 5.14. The topological polar surface area (TPSA) is 46.5 Å². The maximum atomic E-state index is 11.0. The second-order valence-corrected chi connectivity index (χ2v) is 3.72. The highest BCUT2D eigenvalue weighted by molar-refractivity contribution is 5.75. The molecule has 0 aliphatic carbocycles. The summed E-state index contributed by atoms with van der Waals surface area (Å²) in [6.45, 7) is 5.67. The molecule has 12 heavy (non-hydrogen) atoms. The highest BCUT2D eigenvalue weighted by Crippen LogP contribution is 2.24. The molecule has 0 aromatic heterocycles. The van der Waals surface area contributed by atoms with Gasteiger partial charge in [-0.1, -0.05) is 26.2 Å². The average molecular weight is 174 g/mol. The predicted molar refractivity (Wildman–Crippen MR) is 46.6 cm³/mol. The minimum absolute atomic E-state index is 0.543. The van der Waals surface area contributed by atoms with Gasteiger partial charge in [-0.25, -0.2) is 4.79 Å². The Kier molecular flexibility index (Phi) is 4.90. The molecule has 3 nitrogen and oxygen atoms in total. The van der Waals surface area contributed by atoms with Crippen LogP contribution in [-0.4, -0.2) is 11.2 Å². The summed E-state index contributed by atoms with van der Waals surface area (Å²) in [6.07, 6.45) is 4.01. The zero-order chi connectivity index (χ0) is 9.61. The Morgan fingerprint density at radius 3 is 2.42 bits per heavy atom. The monoisotopic (exact) mass is 174 g/mol. The molecule has 0 aliphatic heterocycles. The van der Waals surface area contributed by atoms with E-state index >= 15 is 0 Å². The highest BCUT2D eigenvalue weighted by atomic mass is 17.1. The van der Waals surface area contributed by atoms with Gasteiger partial charge in [-0.2, -0.15) is 5.26 Å². The summed E-state index contributed by atoms with van der Waals surface area (Å²) >= 11 is 0. The third-order valence-electron chi connectivity index (χ3n) is 2.04. The third kappa shape index (κ3) is 3.72. The zero-order valence-electron chi connectivity index (χ0n) is 8.09. The van der Waals surface area contributed by atoms with Crippen molar-refractivity contribution in [2.24, 2.45) is 5.41 Å². The van der Waals surface area contributed by atoms with E-state index in [4.69, 9.17) is 5.26 Å². The Morgan fingerprint density at radius 1 is 1.42 bits per heavy atom. The minimum atomic E-state index is -0.552. The quantitative estimate of drug-likeness (QED) is 0.396. The predicted octanol–water partition coefficient (Wildman–Crippen LogP) is 2.61. The molecular weight excluding hydrogens is 156 g/mol. The Hall–Kier alpha value is -0.570. The number of carbonyl (C=O) groups excluding carboxylic acids is 1. The molecule has 72 valence electrons. The first kappa shape index (κ1) is 11.4. The van der Waals surface area contributed by atoms with E-state index in [9.17, 15) is 4.79 Å². The second-order valence-electron chi connectivity index (χ2n) is 3.72. The van der Waals surface area contributed by atoms with Gasteiger partial charge in [0.25, 0.3) is 0 Å². The van der Waals surface area contributed by atoms with Crippen molar-refractivity contribution < 1.29 is 14.9 Å². The summed E-state index contributed by atoms with van der Waals surface area (Å²) in [5.74, 6) is -0.543. The van der Waals surface area contributed by atoms with Gasteiger partial charge in [-0.3, -0.25) is 0 Å². The molecule has 3 heteroatoms. The first-order valence-electron chi connectivity index (χ1n) is 4.40. The Labute approximate surface area is 73.7 Å². The largest absolute Gasteiger partial charge is 0.347 e. The first-order chi connectivity index (χ1) is 5.54. The number of carbonyl (C=O) groups is 1. The van der Waals surface area contributed by atoms with Crippen LogP contribution in [0.15, 0.2) is 0 Å². The van der Waals surface area contributed by atoms with Gasteiger partial charge >= 0.3 is 5.97 Å². The molecule has 1 N–H and O–H groups in total. The molecule has 0 aliphatic rings. The normalized spacial score (nSPS) is 11.3. The van der Waals surface area contributed by atoms with Crippen LogP contribution in [0.4, 0.5) is 0 Å². The van der Waals surface area contributed by atoms with Crippen LogP contribution in [0.1, 0.15) is 46.5 Å². The van der Waals surface area contributed by atoms with Crippen LogP contribution in [-0.2, 0) is 9.68 Å². The van der Waals surface area contributed by atoms with Crippen molar-refractivity contribution >= 4 is 5.97 Å². The summed E-state index contributed by atoms with van der Waals surface area (Å²) in [5, 5.41) is 8.18. The first-order valence-corrected chi connectivity index (χ1v) is 4.40. The summed E-state index contributed by atoms with van der Waals surface area (Å²) in [6, 6.07) is 0. The molecule has 0 saturated heterocycles. The molecule has 0 spiro atoms. The van der Waals surface area contributed by atoms with Gasteiger partial charge in [0.2, 0.25) is 0 Å². The van der Waals surface area contributed by atoms with Crippen molar-refractivity contribution in [3.8, 4) is 0 Å². The van der Waals surface area contributed by atoms with Crippen molar-refractivity contribution in [2.45, 2.75) is 46.5 Å². The summed E-state index contributed by atoms with van der Waals surface area (Å²) in [7, 11) is 0. The molecule has 0 saturated carbocycles. The minimum Gasteiger partial charge on any atom is -0.300 e. The summed E-state index contributed by atoms with van der Waals surface area (Å²) < 4.78 is 0. The van der Waals surface area contributed by atoms with Gasteiger partial charge in [0, 0.05) is 0 Å². The molecule has 0 aromatic carbocycles. The number of unbranched alkanes of at least 4 members (excludes halogenated alkanes) is 2. The Morgan fingerprint density at radius 2 is 2.00 bits per heavy atom. The van der Waals surface area contributed by atoms with E-state index < -0.39 is 11.4 Å². The van der Waals surface area contributed by atoms with E-state index in [1.807, 2.05) is 0 Å². The van der Waals surface area contributed by atoms with Crippen molar-refractivity contribution in [1.82, 2.24) is 0 Å². The molecular formula is C9H18O3. The maximum Gasteiger partial charge on any atom is 0.347 e. The van der Waals surface area contributed by atoms with E-state index in [2.05, 4.69) is 11.8 Å². The van der Waals surface area contributed by atoms with Crippen molar-refractivity contribution in [2.75, 3.05) is 0 Å². The van der Waals surface area contributed by atoms with Crippen LogP contribution < -0.4 is 0 Å². The number of hydrogen-bond donors (Lipinski definition) is 1. The Balaban J connectivity index is 3.78. The molecule has 0 fully saturated rings. The molecule has 0 unspecified atom stereocenters. The fraction of sp³-hybridized carbons (Fsp3) is 0.889. The molecule has 0 amide bonds. The van der Waals surface area contributed by atoms with E-state index in [0.29, 0.717) is 0 Å². The standard InChI is InChI=1S/C9H18O3/c1-4-5-6-7-9(2,3)8(10)12-11/h11H,4-7H2,1-3H3. The summed E-state index contributed by atoms with van der Waals surface area (Å²) in [5.41, 5.74) is -0.552. The highest BCUT2D eigenvalue weighted by Gasteiger charge is 2.28. The lowest BCUT2D eigenvalue weighted by Crippen LogP contribution is -2.25. The molecule has 0 rings (SSSR count). The SMILES string of the molecule is CCCCCC(C)(C)C(=O)OO. The lowest BCUT2D eigenvalue weighted by molar-refractivity contribution is -0.244. The van der Waals surface area contributed by atoms with E-state index in [1.54, 1.807) is 13.8 Å². The van der Waals surface area contributed by atoms with Crippen molar-refractivity contribution in [3.63, 3.8) is 0 Å². The lowest BCUT2D eigenvalue weighted by atomic mass is 9.87.